The van der Waals surface area contributed by atoms with Crippen LogP contribution in [-0.4, -0.2) is 30.3 Å². The van der Waals surface area contributed by atoms with Crippen LogP contribution in [0, 0.1) is 5.92 Å². The molecule has 1 aromatic rings. The highest BCUT2D eigenvalue weighted by atomic mass is 79.9. The molecule has 1 unspecified atom stereocenters. The maximum Gasteiger partial charge on any atom is 0.323 e. The van der Waals surface area contributed by atoms with E-state index in [1.807, 2.05) is 0 Å². The van der Waals surface area contributed by atoms with Crippen molar-refractivity contribution in [2.45, 2.75) is 26.4 Å². The first kappa shape index (κ1) is 17.7. The summed E-state index contributed by atoms with van der Waals surface area (Å²) in [6.45, 7) is 4.88. The van der Waals surface area contributed by atoms with Crippen LogP contribution in [0.3, 0.4) is 0 Å². The van der Waals surface area contributed by atoms with Gasteiger partial charge in [-0.15, -0.1) is 0 Å². The molecule has 0 fully saturated rings. The molecule has 0 saturated heterocycles. The van der Waals surface area contributed by atoms with Crippen molar-refractivity contribution in [1.82, 2.24) is 0 Å². The molecule has 1 N–H and O–H groups in total. The second-order valence-electron chi connectivity index (χ2n) is 4.56. The molecule has 0 amide bonds. The molecule has 0 radical (unpaired) electrons. The zero-order chi connectivity index (χ0) is 16.0. The molecule has 6 heteroatoms. The zero-order valence-electron chi connectivity index (χ0n) is 12.3. The molecular formula is C15H19BrO5. The molecule has 1 atom stereocenters. The monoisotopic (exact) mass is 358 g/mol. The first-order chi connectivity index (χ1) is 9.86. The molecule has 1 rings (SSSR count). The third kappa shape index (κ3) is 4.04. The summed E-state index contributed by atoms with van der Waals surface area (Å²) in [5.41, 5.74) is -1.34. The highest BCUT2D eigenvalue weighted by Gasteiger charge is 2.47. The van der Waals surface area contributed by atoms with Crippen molar-refractivity contribution in [2.24, 2.45) is 5.92 Å². The molecule has 0 spiro atoms. The lowest BCUT2D eigenvalue weighted by molar-refractivity contribution is -0.174. The van der Waals surface area contributed by atoms with Gasteiger partial charge in [0.2, 0.25) is 0 Å². The third-order valence-electron chi connectivity index (χ3n) is 3.03. The standard InChI is InChI=1S/C15H19BrO5/c1-4-20-13(17)12(14(18)21-5-2)15(3,19)10-8-6-7-9-11(10)16/h6-9,12,19H,4-5H2,1-3H3. The van der Waals surface area contributed by atoms with Crippen LogP contribution in [0.25, 0.3) is 0 Å². The van der Waals surface area contributed by atoms with E-state index in [1.165, 1.54) is 6.92 Å². The van der Waals surface area contributed by atoms with Crippen molar-refractivity contribution in [3.05, 3.63) is 34.3 Å². The molecular weight excluding hydrogens is 340 g/mol. The van der Waals surface area contributed by atoms with Gasteiger partial charge in [0.25, 0.3) is 0 Å². The van der Waals surface area contributed by atoms with E-state index >= 15 is 0 Å². The lowest BCUT2D eigenvalue weighted by atomic mass is 9.82. The Morgan fingerprint density at radius 1 is 1.19 bits per heavy atom. The summed E-state index contributed by atoms with van der Waals surface area (Å²) in [7, 11) is 0. The number of rotatable bonds is 6. The molecule has 0 heterocycles. The average molecular weight is 359 g/mol. The number of carbonyl (C=O) groups is 2. The van der Waals surface area contributed by atoms with Crippen LogP contribution in [0.4, 0.5) is 0 Å². The Bertz CT molecular complexity index is 495. The summed E-state index contributed by atoms with van der Waals surface area (Å²) in [5, 5.41) is 10.8. The summed E-state index contributed by atoms with van der Waals surface area (Å²) < 4.78 is 10.4. The van der Waals surface area contributed by atoms with Gasteiger partial charge in [-0.1, -0.05) is 34.1 Å². The Kier molecular flexibility index (Phi) is 6.36. The predicted octanol–water partition coefficient (Wildman–Crippen LogP) is 2.40. The van der Waals surface area contributed by atoms with E-state index < -0.39 is 23.5 Å². The van der Waals surface area contributed by atoms with Crippen LogP contribution in [0.5, 0.6) is 0 Å². The summed E-state index contributed by atoms with van der Waals surface area (Å²) >= 11 is 3.31. The molecule has 0 aliphatic heterocycles. The van der Waals surface area contributed by atoms with E-state index in [1.54, 1.807) is 38.1 Å². The molecule has 5 nitrogen and oxygen atoms in total. The number of aliphatic hydroxyl groups is 1. The van der Waals surface area contributed by atoms with Crippen LogP contribution < -0.4 is 0 Å². The lowest BCUT2D eigenvalue weighted by Gasteiger charge is -2.30. The van der Waals surface area contributed by atoms with Gasteiger partial charge >= 0.3 is 11.9 Å². The first-order valence-corrected chi connectivity index (χ1v) is 7.46. The molecule has 21 heavy (non-hydrogen) atoms. The largest absolute Gasteiger partial charge is 0.465 e. The lowest BCUT2D eigenvalue weighted by Crippen LogP contribution is -2.44. The van der Waals surface area contributed by atoms with Crippen molar-refractivity contribution in [3.63, 3.8) is 0 Å². The number of esters is 2. The molecule has 1 aromatic carbocycles. The molecule has 0 saturated carbocycles. The molecule has 0 aromatic heterocycles. The van der Waals surface area contributed by atoms with Crippen LogP contribution in [0.2, 0.25) is 0 Å². The summed E-state index contributed by atoms with van der Waals surface area (Å²) in [5.74, 6) is -3.07. The predicted molar refractivity (Wildman–Crippen MR) is 80.5 cm³/mol. The van der Waals surface area contributed by atoms with Crippen molar-refractivity contribution in [1.29, 1.82) is 0 Å². The SMILES string of the molecule is CCOC(=O)C(C(=O)OCC)C(C)(O)c1ccccc1Br. The first-order valence-electron chi connectivity index (χ1n) is 6.66. The maximum absolute atomic E-state index is 12.1. The molecule has 0 bridgehead atoms. The van der Waals surface area contributed by atoms with E-state index in [9.17, 15) is 14.7 Å². The minimum absolute atomic E-state index is 0.112. The second kappa shape index (κ2) is 7.56. The maximum atomic E-state index is 12.1. The number of halogens is 1. The highest BCUT2D eigenvalue weighted by Crippen LogP contribution is 2.35. The average Bonchev–Trinajstić information content (AvgIpc) is 2.39. The van der Waals surface area contributed by atoms with E-state index in [0.29, 0.717) is 10.0 Å². The third-order valence-corrected chi connectivity index (χ3v) is 3.72. The van der Waals surface area contributed by atoms with Gasteiger partial charge < -0.3 is 14.6 Å². The van der Waals surface area contributed by atoms with Crippen LogP contribution >= 0.6 is 15.9 Å². The Hall–Kier alpha value is -1.40. The van der Waals surface area contributed by atoms with E-state index in [2.05, 4.69) is 15.9 Å². The van der Waals surface area contributed by atoms with Gasteiger partial charge in [-0.05, 0) is 32.4 Å². The summed E-state index contributed by atoms with van der Waals surface area (Å²) in [4.78, 5) is 24.2. The van der Waals surface area contributed by atoms with Gasteiger partial charge in [0.05, 0.1) is 13.2 Å². The fraction of sp³-hybridized carbons (Fsp3) is 0.467. The van der Waals surface area contributed by atoms with Crippen molar-refractivity contribution < 1.29 is 24.2 Å². The highest BCUT2D eigenvalue weighted by molar-refractivity contribution is 9.10. The van der Waals surface area contributed by atoms with Crippen LogP contribution in [0.15, 0.2) is 28.7 Å². The minimum atomic E-state index is -1.75. The molecule has 116 valence electrons. The number of benzene rings is 1. The van der Waals surface area contributed by atoms with Gasteiger partial charge in [-0.3, -0.25) is 9.59 Å². The normalized spacial score (nSPS) is 13.6. The van der Waals surface area contributed by atoms with Gasteiger partial charge in [-0.2, -0.15) is 0 Å². The van der Waals surface area contributed by atoms with Crippen molar-refractivity contribution in [2.75, 3.05) is 13.2 Å². The Morgan fingerprint density at radius 2 is 1.67 bits per heavy atom. The quantitative estimate of drug-likeness (QED) is 0.624. The zero-order valence-corrected chi connectivity index (χ0v) is 13.8. The Morgan fingerprint density at radius 3 is 2.10 bits per heavy atom. The smallest absolute Gasteiger partial charge is 0.323 e. The van der Waals surface area contributed by atoms with Crippen LogP contribution in [0.1, 0.15) is 26.3 Å². The summed E-state index contributed by atoms with van der Waals surface area (Å²) in [6.07, 6.45) is 0. The van der Waals surface area contributed by atoms with Crippen LogP contribution in [-0.2, 0) is 24.7 Å². The molecule has 0 aliphatic carbocycles. The fourth-order valence-electron chi connectivity index (χ4n) is 2.03. The summed E-state index contributed by atoms with van der Waals surface area (Å²) in [6, 6.07) is 6.84. The molecule has 0 aliphatic rings. The van der Waals surface area contributed by atoms with E-state index in [0.717, 1.165) is 0 Å². The number of hydrogen-bond acceptors (Lipinski definition) is 5. The van der Waals surface area contributed by atoms with Crippen molar-refractivity contribution >= 4 is 27.9 Å². The number of ether oxygens (including phenoxy) is 2. The van der Waals surface area contributed by atoms with E-state index in [-0.39, 0.29) is 13.2 Å². The number of hydrogen-bond donors (Lipinski definition) is 1. The fourth-order valence-corrected chi connectivity index (χ4v) is 2.72. The Balaban J connectivity index is 3.26. The van der Waals surface area contributed by atoms with Gasteiger partial charge in [0.1, 0.15) is 5.60 Å². The second-order valence-corrected chi connectivity index (χ2v) is 5.42. The van der Waals surface area contributed by atoms with Gasteiger partial charge in [-0.25, -0.2) is 0 Å². The Labute approximate surface area is 132 Å². The minimum Gasteiger partial charge on any atom is -0.465 e. The van der Waals surface area contributed by atoms with E-state index in [4.69, 9.17) is 9.47 Å². The number of carbonyl (C=O) groups excluding carboxylic acids is 2. The van der Waals surface area contributed by atoms with Gasteiger partial charge in [0.15, 0.2) is 5.92 Å². The van der Waals surface area contributed by atoms with Crippen molar-refractivity contribution in [3.8, 4) is 0 Å². The topological polar surface area (TPSA) is 72.8 Å². The van der Waals surface area contributed by atoms with Gasteiger partial charge in [0, 0.05) is 4.47 Å².